The largest absolute Gasteiger partial charge is 0.465 e. The SMILES string of the molecule is O=C(O)N1CCC2(CC1)CCN(C1CC1)CC2. The molecule has 4 nitrogen and oxygen atoms in total. The molecule has 0 aromatic heterocycles. The molecule has 3 rings (SSSR count). The maximum atomic E-state index is 10.9. The van der Waals surface area contributed by atoms with Crippen molar-refractivity contribution < 1.29 is 9.90 Å². The lowest BCUT2D eigenvalue weighted by molar-refractivity contribution is 0.0340. The van der Waals surface area contributed by atoms with E-state index in [2.05, 4.69) is 4.90 Å². The van der Waals surface area contributed by atoms with Gasteiger partial charge in [-0.15, -0.1) is 0 Å². The number of amides is 1. The fourth-order valence-corrected chi connectivity index (χ4v) is 3.48. The predicted octanol–water partition coefficient (Wildman–Crippen LogP) is 2.00. The van der Waals surface area contributed by atoms with Crippen LogP contribution in [0.1, 0.15) is 38.5 Å². The van der Waals surface area contributed by atoms with Crippen LogP contribution in [0.15, 0.2) is 0 Å². The number of carboxylic acid groups (broad SMARTS) is 1. The molecule has 96 valence electrons. The van der Waals surface area contributed by atoms with E-state index in [1.165, 1.54) is 38.8 Å². The van der Waals surface area contributed by atoms with Crippen molar-refractivity contribution in [3.8, 4) is 0 Å². The van der Waals surface area contributed by atoms with Gasteiger partial charge in [0.05, 0.1) is 0 Å². The lowest BCUT2D eigenvalue weighted by Crippen LogP contribution is -2.48. The van der Waals surface area contributed by atoms with Crippen LogP contribution in [0.5, 0.6) is 0 Å². The molecule has 2 saturated heterocycles. The maximum Gasteiger partial charge on any atom is 0.407 e. The summed E-state index contributed by atoms with van der Waals surface area (Å²) in [4.78, 5) is 15.1. The molecule has 17 heavy (non-hydrogen) atoms. The van der Waals surface area contributed by atoms with Crippen LogP contribution in [0, 0.1) is 5.41 Å². The first-order valence-corrected chi connectivity index (χ1v) is 6.91. The number of hydrogen-bond acceptors (Lipinski definition) is 2. The number of nitrogens with zero attached hydrogens (tertiary/aromatic N) is 2. The van der Waals surface area contributed by atoms with Crippen LogP contribution in [0.3, 0.4) is 0 Å². The Bertz CT molecular complexity index is 297. The Morgan fingerprint density at radius 3 is 2.00 bits per heavy atom. The molecule has 1 aliphatic carbocycles. The summed E-state index contributed by atoms with van der Waals surface area (Å²) in [5.41, 5.74) is 0.470. The van der Waals surface area contributed by atoms with Crippen LogP contribution in [-0.2, 0) is 0 Å². The fourth-order valence-electron chi connectivity index (χ4n) is 3.48. The minimum Gasteiger partial charge on any atom is -0.465 e. The van der Waals surface area contributed by atoms with E-state index in [1.54, 1.807) is 4.90 Å². The number of hydrogen-bond donors (Lipinski definition) is 1. The maximum absolute atomic E-state index is 10.9. The smallest absolute Gasteiger partial charge is 0.407 e. The van der Waals surface area contributed by atoms with E-state index in [0.717, 1.165) is 32.0 Å². The highest BCUT2D eigenvalue weighted by molar-refractivity contribution is 5.65. The van der Waals surface area contributed by atoms with E-state index in [1.807, 2.05) is 0 Å². The van der Waals surface area contributed by atoms with Gasteiger partial charge in [-0.05, 0) is 57.0 Å². The summed E-state index contributed by atoms with van der Waals surface area (Å²) in [6.45, 7) is 3.99. The van der Waals surface area contributed by atoms with Crippen LogP contribution in [0.4, 0.5) is 4.79 Å². The van der Waals surface area contributed by atoms with Crippen molar-refractivity contribution in [3.05, 3.63) is 0 Å². The molecule has 0 aromatic rings. The molecular weight excluding hydrogens is 216 g/mol. The second-order valence-electron chi connectivity index (χ2n) is 6.04. The van der Waals surface area contributed by atoms with Gasteiger partial charge in [-0.1, -0.05) is 0 Å². The molecule has 0 radical (unpaired) electrons. The molecule has 0 atom stereocenters. The van der Waals surface area contributed by atoms with Gasteiger partial charge in [0.1, 0.15) is 0 Å². The first-order valence-electron chi connectivity index (χ1n) is 6.91. The monoisotopic (exact) mass is 238 g/mol. The average molecular weight is 238 g/mol. The minimum absolute atomic E-state index is 0.470. The second kappa shape index (κ2) is 4.16. The molecule has 0 aromatic carbocycles. The molecule has 2 aliphatic heterocycles. The highest BCUT2D eigenvalue weighted by Gasteiger charge is 2.41. The van der Waals surface area contributed by atoms with Crippen molar-refractivity contribution in [1.82, 2.24) is 9.80 Å². The van der Waals surface area contributed by atoms with Gasteiger partial charge in [-0.3, -0.25) is 0 Å². The summed E-state index contributed by atoms with van der Waals surface area (Å²) < 4.78 is 0. The Morgan fingerprint density at radius 2 is 1.53 bits per heavy atom. The molecule has 1 saturated carbocycles. The van der Waals surface area contributed by atoms with Crippen LogP contribution in [-0.4, -0.2) is 53.2 Å². The number of rotatable bonds is 1. The normalized spacial score (nSPS) is 29.5. The quantitative estimate of drug-likeness (QED) is 0.760. The van der Waals surface area contributed by atoms with Crippen LogP contribution in [0.25, 0.3) is 0 Å². The third kappa shape index (κ3) is 2.28. The van der Waals surface area contributed by atoms with Crippen molar-refractivity contribution in [2.75, 3.05) is 26.2 Å². The summed E-state index contributed by atoms with van der Waals surface area (Å²) >= 11 is 0. The second-order valence-corrected chi connectivity index (χ2v) is 6.04. The summed E-state index contributed by atoms with van der Waals surface area (Å²) in [7, 11) is 0. The van der Waals surface area contributed by atoms with Gasteiger partial charge >= 0.3 is 6.09 Å². The van der Waals surface area contributed by atoms with Gasteiger partial charge in [0.25, 0.3) is 0 Å². The Hall–Kier alpha value is -0.770. The first kappa shape index (κ1) is 11.3. The predicted molar refractivity (Wildman–Crippen MR) is 65.1 cm³/mol. The summed E-state index contributed by atoms with van der Waals surface area (Å²) in [6.07, 6.45) is 6.80. The Kier molecular flexibility index (Phi) is 2.77. The van der Waals surface area contributed by atoms with Crippen molar-refractivity contribution in [2.45, 2.75) is 44.6 Å². The zero-order chi connectivity index (χ0) is 11.9. The van der Waals surface area contributed by atoms with Gasteiger partial charge in [0, 0.05) is 19.1 Å². The van der Waals surface area contributed by atoms with Crippen molar-refractivity contribution in [2.24, 2.45) is 5.41 Å². The molecule has 1 N–H and O–H groups in total. The summed E-state index contributed by atoms with van der Waals surface area (Å²) in [6, 6.07) is 0.895. The highest BCUT2D eigenvalue weighted by atomic mass is 16.4. The Morgan fingerprint density at radius 1 is 1.00 bits per heavy atom. The molecule has 2 heterocycles. The van der Waals surface area contributed by atoms with Gasteiger partial charge in [-0.25, -0.2) is 4.79 Å². The van der Waals surface area contributed by atoms with Crippen LogP contribution in [0.2, 0.25) is 0 Å². The summed E-state index contributed by atoms with van der Waals surface area (Å²) in [5.74, 6) is 0. The van der Waals surface area contributed by atoms with Crippen LogP contribution >= 0.6 is 0 Å². The standard InChI is InChI=1S/C13H22N2O2/c16-12(17)15-9-5-13(6-10-15)3-7-14(8-4-13)11-1-2-11/h11H,1-10H2,(H,16,17). The summed E-state index contributed by atoms with van der Waals surface area (Å²) in [5, 5.41) is 8.97. The van der Waals surface area contributed by atoms with Gasteiger partial charge in [-0.2, -0.15) is 0 Å². The lowest BCUT2D eigenvalue weighted by Gasteiger charge is -2.46. The van der Waals surface area contributed by atoms with Crippen LogP contribution < -0.4 is 0 Å². The lowest BCUT2D eigenvalue weighted by atomic mass is 9.71. The van der Waals surface area contributed by atoms with Gasteiger partial charge < -0.3 is 14.9 Å². The molecule has 0 unspecified atom stereocenters. The average Bonchev–Trinajstić information content (AvgIpc) is 3.15. The van der Waals surface area contributed by atoms with E-state index in [9.17, 15) is 4.79 Å². The van der Waals surface area contributed by atoms with E-state index >= 15 is 0 Å². The zero-order valence-electron chi connectivity index (χ0n) is 10.4. The molecule has 1 spiro atoms. The van der Waals surface area contributed by atoms with Crippen molar-refractivity contribution in [3.63, 3.8) is 0 Å². The van der Waals surface area contributed by atoms with E-state index < -0.39 is 6.09 Å². The molecule has 4 heteroatoms. The van der Waals surface area contributed by atoms with Crippen molar-refractivity contribution >= 4 is 6.09 Å². The highest BCUT2D eigenvalue weighted by Crippen LogP contribution is 2.43. The minimum atomic E-state index is -0.740. The third-order valence-electron chi connectivity index (χ3n) is 5.02. The Balaban J connectivity index is 1.53. The molecule has 0 bridgehead atoms. The molecule has 3 aliphatic rings. The van der Waals surface area contributed by atoms with E-state index in [4.69, 9.17) is 5.11 Å². The molecule has 3 fully saturated rings. The zero-order valence-corrected chi connectivity index (χ0v) is 10.4. The topological polar surface area (TPSA) is 43.8 Å². The number of likely N-dealkylation sites (tertiary alicyclic amines) is 2. The van der Waals surface area contributed by atoms with E-state index in [0.29, 0.717) is 5.41 Å². The van der Waals surface area contributed by atoms with Gasteiger partial charge in [0.15, 0.2) is 0 Å². The number of carbonyl (C=O) groups is 1. The number of piperidine rings is 2. The Labute approximate surface area is 103 Å². The van der Waals surface area contributed by atoms with Gasteiger partial charge in [0.2, 0.25) is 0 Å². The molecular formula is C13H22N2O2. The molecule has 1 amide bonds. The van der Waals surface area contributed by atoms with E-state index in [-0.39, 0.29) is 0 Å². The third-order valence-corrected chi connectivity index (χ3v) is 5.02. The first-order chi connectivity index (χ1) is 8.19. The van der Waals surface area contributed by atoms with Crippen molar-refractivity contribution in [1.29, 1.82) is 0 Å². The fraction of sp³-hybridized carbons (Fsp3) is 0.923.